The summed E-state index contributed by atoms with van der Waals surface area (Å²) in [5, 5.41) is 3.37. The van der Waals surface area contributed by atoms with E-state index in [0.717, 1.165) is 16.1 Å². The average Bonchev–Trinajstić information content (AvgIpc) is 2.60. The zero-order valence-corrected chi connectivity index (χ0v) is 17.3. The topological polar surface area (TPSA) is 75.7 Å². The Morgan fingerprint density at radius 2 is 1.96 bits per heavy atom. The van der Waals surface area contributed by atoms with Crippen LogP contribution in [0, 0.1) is 6.92 Å². The van der Waals surface area contributed by atoms with Crippen molar-refractivity contribution in [1.29, 1.82) is 0 Å². The molecule has 1 amide bonds. The molecule has 0 bridgehead atoms. The Hall–Kier alpha value is -2.25. The number of nitrogens with one attached hydrogen (secondary N) is 1. The van der Waals surface area contributed by atoms with Crippen LogP contribution in [0.3, 0.4) is 0 Å². The van der Waals surface area contributed by atoms with Crippen LogP contribution in [0.25, 0.3) is 0 Å². The lowest BCUT2D eigenvalue weighted by Crippen LogP contribution is -2.47. The van der Waals surface area contributed by atoms with Crippen molar-refractivity contribution in [2.75, 3.05) is 23.0 Å². The molecular weight excluding hydrogens is 388 g/mol. The number of aryl methyl sites for hydroxylation is 1. The van der Waals surface area contributed by atoms with Crippen LogP contribution in [0.15, 0.2) is 42.5 Å². The lowest BCUT2D eigenvalue weighted by Gasteiger charge is -2.30. The van der Waals surface area contributed by atoms with Crippen molar-refractivity contribution < 1.29 is 17.9 Å². The predicted octanol–water partition coefficient (Wildman–Crippen LogP) is 3.84. The van der Waals surface area contributed by atoms with E-state index in [1.165, 1.54) is 7.11 Å². The molecule has 0 heterocycles. The van der Waals surface area contributed by atoms with Crippen molar-refractivity contribution in [2.24, 2.45) is 0 Å². The van der Waals surface area contributed by atoms with Crippen molar-refractivity contribution in [3.8, 4) is 5.75 Å². The second-order valence-corrected chi connectivity index (χ2v) is 8.43. The van der Waals surface area contributed by atoms with Crippen LogP contribution in [0.1, 0.15) is 18.9 Å². The molecule has 1 N–H and O–H groups in total. The van der Waals surface area contributed by atoms with E-state index in [1.54, 1.807) is 49.4 Å². The summed E-state index contributed by atoms with van der Waals surface area (Å²) in [4.78, 5) is 12.9. The van der Waals surface area contributed by atoms with Crippen LogP contribution in [0.2, 0.25) is 5.02 Å². The molecule has 2 aromatic rings. The second kappa shape index (κ2) is 8.63. The summed E-state index contributed by atoms with van der Waals surface area (Å²) >= 11 is 5.95. The molecule has 0 fully saturated rings. The van der Waals surface area contributed by atoms with Crippen molar-refractivity contribution in [3.63, 3.8) is 0 Å². The highest BCUT2D eigenvalue weighted by Gasteiger charge is 2.32. The maximum atomic E-state index is 12.9. The third-order valence-electron chi connectivity index (χ3n) is 4.08. The number of carbonyl (C=O) groups excluding carboxylic acids is 1. The van der Waals surface area contributed by atoms with E-state index < -0.39 is 22.0 Å². The molecule has 0 aliphatic rings. The van der Waals surface area contributed by atoms with Gasteiger partial charge >= 0.3 is 0 Å². The Labute approximate surface area is 165 Å². The van der Waals surface area contributed by atoms with Gasteiger partial charge in [-0.15, -0.1) is 0 Å². The van der Waals surface area contributed by atoms with Crippen LogP contribution in [-0.2, 0) is 14.8 Å². The summed E-state index contributed by atoms with van der Waals surface area (Å²) in [6.45, 7) is 3.58. The molecule has 0 radical (unpaired) electrons. The zero-order valence-electron chi connectivity index (χ0n) is 15.7. The first-order chi connectivity index (χ1) is 12.7. The molecule has 0 saturated carbocycles. The van der Waals surface area contributed by atoms with Gasteiger partial charge in [0, 0.05) is 16.8 Å². The maximum Gasteiger partial charge on any atom is 0.248 e. The number of nitrogens with zero attached hydrogens (tertiary/aromatic N) is 1. The number of ether oxygens (including phenoxy) is 1. The Balaban J connectivity index is 2.41. The lowest BCUT2D eigenvalue weighted by molar-refractivity contribution is -0.117. The molecule has 0 unspecified atom stereocenters. The van der Waals surface area contributed by atoms with E-state index in [4.69, 9.17) is 16.3 Å². The largest absolute Gasteiger partial charge is 0.497 e. The monoisotopic (exact) mass is 410 g/mol. The van der Waals surface area contributed by atoms with Gasteiger partial charge in [-0.3, -0.25) is 9.10 Å². The number of hydrogen-bond acceptors (Lipinski definition) is 4. The summed E-state index contributed by atoms with van der Waals surface area (Å²) in [6, 6.07) is 10.8. The van der Waals surface area contributed by atoms with Gasteiger partial charge in [-0.25, -0.2) is 8.42 Å². The SMILES string of the molecule is CC[C@@H](C(=O)Nc1ccc(Cl)cc1C)N(c1cccc(OC)c1)S(C)(=O)=O. The number of carbonyl (C=O) groups is 1. The molecule has 0 saturated heterocycles. The number of hydrogen-bond donors (Lipinski definition) is 1. The third-order valence-corrected chi connectivity index (χ3v) is 5.50. The maximum absolute atomic E-state index is 12.9. The fourth-order valence-electron chi connectivity index (χ4n) is 2.79. The van der Waals surface area contributed by atoms with E-state index in [1.807, 2.05) is 6.92 Å². The first kappa shape index (κ1) is 21.1. The van der Waals surface area contributed by atoms with Crippen LogP contribution in [0.5, 0.6) is 5.75 Å². The number of methoxy groups -OCH3 is 1. The first-order valence-electron chi connectivity index (χ1n) is 8.37. The predicted molar refractivity (Wildman–Crippen MR) is 109 cm³/mol. The fourth-order valence-corrected chi connectivity index (χ4v) is 4.22. The summed E-state index contributed by atoms with van der Waals surface area (Å²) < 4.78 is 31.3. The average molecular weight is 411 g/mol. The molecule has 27 heavy (non-hydrogen) atoms. The van der Waals surface area contributed by atoms with Gasteiger partial charge in [0.15, 0.2) is 0 Å². The molecule has 0 aliphatic heterocycles. The van der Waals surface area contributed by atoms with E-state index in [2.05, 4.69) is 5.32 Å². The highest BCUT2D eigenvalue weighted by molar-refractivity contribution is 7.92. The van der Waals surface area contributed by atoms with Crippen molar-refractivity contribution >= 4 is 38.9 Å². The van der Waals surface area contributed by atoms with Gasteiger partial charge in [0.25, 0.3) is 0 Å². The molecule has 2 rings (SSSR count). The number of halogens is 1. The Morgan fingerprint density at radius 1 is 1.26 bits per heavy atom. The third kappa shape index (κ3) is 5.14. The van der Waals surface area contributed by atoms with Gasteiger partial charge in [0.05, 0.1) is 19.1 Å². The van der Waals surface area contributed by atoms with Crippen molar-refractivity contribution in [3.05, 3.63) is 53.1 Å². The molecule has 1 atom stereocenters. The van der Waals surface area contributed by atoms with E-state index >= 15 is 0 Å². The summed E-state index contributed by atoms with van der Waals surface area (Å²) in [6.07, 6.45) is 1.37. The number of amides is 1. The van der Waals surface area contributed by atoms with Crippen LogP contribution < -0.4 is 14.4 Å². The Kier molecular flexibility index (Phi) is 6.73. The first-order valence-corrected chi connectivity index (χ1v) is 10.6. The summed E-state index contributed by atoms with van der Waals surface area (Å²) in [5.74, 6) is 0.0844. The van der Waals surface area contributed by atoms with Gasteiger partial charge in [-0.2, -0.15) is 0 Å². The highest BCUT2D eigenvalue weighted by Crippen LogP contribution is 2.27. The van der Waals surface area contributed by atoms with Crippen LogP contribution >= 0.6 is 11.6 Å². The van der Waals surface area contributed by atoms with Gasteiger partial charge in [-0.05, 0) is 49.2 Å². The summed E-state index contributed by atoms with van der Waals surface area (Å²) in [7, 11) is -2.22. The van der Waals surface area contributed by atoms with Gasteiger partial charge < -0.3 is 10.1 Å². The number of benzene rings is 2. The normalized spacial score (nSPS) is 12.3. The molecule has 0 spiro atoms. The summed E-state index contributed by atoms with van der Waals surface area (Å²) in [5.41, 5.74) is 1.74. The quantitative estimate of drug-likeness (QED) is 0.752. The minimum atomic E-state index is -3.71. The van der Waals surface area contributed by atoms with E-state index in [-0.39, 0.29) is 0 Å². The Morgan fingerprint density at radius 3 is 2.52 bits per heavy atom. The number of anilines is 2. The van der Waals surface area contributed by atoms with Crippen molar-refractivity contribution in [1.82, 2.24) is 0 Å². The number of rotatable bonds is 7. The molecule has 0 aromatic heterocycles. The minimum absolute atomic E-state index is 0.294. The molecule has 6 nitrogen and oxygen atoms in total. The van der Waals surface area contributed by atoms with Crippen molar-refractivity contribution in [2.45, 2.75) is 26.3 Å². The second-order valence-electron chi connectivity index (χ2n) is 6.13. The molecule has 8 heteroatoms. The highest BCUT2D eigenvalue weighted by atomic mass is 35.5. The number of sulfonamides is 1. The van der Waals surface area contributed by atoms with E-state index in [0.29, 0.717) is 28.6 Å². The van der Waals surface area contributed by atoms with E-state index in [9.17, 15) is 13.2 Å². The van der Waals surface area contributed by atoms with Gasteiger partial charge in [0.2, 0.25) is 15.9 Å². The van der Waals surface area contributed by atoms with Crippen LogP contribution in [0.4, 0.5) is 11.4 Å². The minimum Gasteiger partial charge on any atom is -0.497 e. The van der Waals surface area contributed by atoms with Gasteiger partial charge in [0.1, 0.15) is 11.8 Å². The zero-order chi connectivity index (χ0) is 20.2. The van der Waals surface area contributed by atoms with Crippen LogP contribution in [-0.4, -0.2) is 33.7 Å². The Bertz CT molecular complexity index is 931. The molecule has 0 aliphatic carbocycles. The van der Waals surface area contributed by atoms with Gasteiger partial charge in [-0.1, -0.05) is 24.6 Å². The molecule has 2 aromatic carbocycles. The molecule has 146 valence electrons. The molecular formula is C19H23ClN2O4S. The lowest BCUT2D eigenvalue weighted by atomic mass is 10.1. The smallest absolute Gasteiger partial charge is 0.248 e. The standard InChI is InChI=1S/C19H23ClN2O4S/c1-5-18(19(23)21-17-10-9-14(20)11-13(17)2)22(27(4,24)25)15-7-6-8-16(12-15)26-3/h6-12,18H,5H2,1-4H3,(H,21,23)/t18-/m0/s1. The fraction of sp³-hybridized carbons (Fsp3) is 0.316.